The molecule has 1 aromatic rings. The van der Waals surface area contributed by atoms with Gasteiger partial charge in [0.25, 0.3) is 0 Å². The molecule has 2 atom stereocenters. The van der Waals surface area contributed by atoms with Crippen molar-refractivity contribution in [3.05, 3.63) is 34.9 Å². The van der Waals surface area contributed by atoms with Gasteiger partial charge < -0.3 is 10.1 Å². The van der Waals surface area contributed by atoms with E-state index in [9.17, 15) is 0 Å². The zero-order chi connectivity index (χ0) is 13.1. The van der Waals surface area contributed by atoms with E-state index < -0.39 is 0 Å². The summed E-state index contributed by atoms with van der Waals surface area (Å²) in [6.45, 7) is 10.7. The van der Waals surface area contributed by atoms with E-state index in [-0.39, 0.29) is 6.10 Å². The zero-order valence-electron chi connectivity index (χ0n) is 12.0. The largest absolute Gasteiger partial charge is 0.373 e. The first kappa shape index (κ1) is 13.6. The van der Waals surface area contributed by atoms with Gasteiger partial charge in [0.1, 0.15) is 0 Å². The minimum atomic E-state index is 0.274. The first-order chi connectivity index (χ1) is 8.58. The molecule has 0 aliphatic carbocycles. The summed E-state index contributed by atoms with van der Waals surface area (Å²) in [6.07, 6.45) is 1.44. The average molecular weight is 247 g/mol. The van der Waals surface area contributed by atoms with Crippen molar-refractivity contribution in [2.75, 3.05) is 13.2 Å². The highest BCUT2D eigenvalue weighted by molar-refractivity contribution is 5.33. The number of aryl methyl sites for hydroxylation is 2. The highest BCUT2D eigenvalue weighted by Crippen LogP contribution is 2.36. The Balaban J connectivity index is 2.13. The van der Waals surface area contributed by atoms with E-state index in [1.165, 1.54) is 16.7 Å². The van der Waals surface area contributed by atoms with Crippen molar-refractivity contribution >= 4 is 0 Å². The van der Waals surface area contributed by atoms with E-state index >= 15 is 0 Å². The molecule has 1 aromatic carbocycles. The number of ether oxygens (including phenoxy) is 1. The molecule has 2 nitrogen and oxygen atoms in total. The van der Waals surface area contributed by atoms with E-state index in [1.807, 2.05) is 0 Å². The summed E-state index contributed by atoms with van der Waals surface area (Å²) in [6, 6.07) is 7.21. The Kier molecular flexibility index (Phi) is 4.41. The molecule has 1 fully saturated rings. The van der Waals surface area contributed by atoms with Crippen LogP contribution in [0.3, 0.4) is 0 Å². The summed E-state index contributed by atoms with van der Waals surface area (Å²) in [5.41, 5.74) is 4.05. The van der Waals surface area contributed by atoms with Crippen LogP contribution >= 0.6 is 0 Å². The molecule has 18 heavy (non-hydrogen) atoms. The molecule has 0 radical (unpaired) electrons. The third kappa shape index (κ3) is 3.12. The molecule has 0 spiro atoms. The molecule has 0 bridgehead atoms. The molecule has 0 aromatic heterocycles. The highest BCUT2D eigenvalue weighted by atomic mass is 16.5. The van der Waals surface area contributed by atoms with Gasteiger partial charge in [-0.2, -0.15) is 0 Å². The van der Waals surface area contributed by atoms with Gasteiger partial charge in [0, 0.05) is 25.1 Å². The van der Waals surface area contributed by atoms with Crippen molar-refractivity contribution in [1.29, 1.82) is 0 Å². The fraction of sp³-hybridized carbons (Fsp3) is 0.625. The number of benzene rings is 1. The third-order valence-electron chi connectivity index (χ3n) is 3.74. The van der Waals surface area contributed by atoms with Crippen molar-refractivity contribution in [3.63, 3.8) is 0 Å². The van der Waals surface area contributed by atoms with Crippen LogP contribution in [0.1, 0.15) is 43.1 Å². The molecule has 2 unspecified atom stereocenters. The standard InChI is InChI=1S/C16H25NO/c1-11(2)17-10-14-7-8-18-16(14)15-9-12(3)5-6-13(15)4/h5-6,9,11,14,16-17H,7-8,10H2,1-4H3. The van der Waals surface area contributed by atoms with Crippen molar-refractivity contribution in [2.45, 2.75) is 46.3 Å². The molecular formula is C16H25NO. The SMILES string of the molecule is Cc1ccc(C)c(C2OCCC2CNC(C)C)c1. The molecule has 2 rings (SSSR count). The van der Waals surface area contributed by atoms with E-state index in [0.717, 1.165) is 19.6 Å². The first-order valence-corrected chi connectivity index (χ1v) is 7.00. The molecule has 1 aliphatic heterocycles. The maximum Gasteiger partial charge on any atom is 0.0868 e. The third-order valence-corrected chi connectivity index (χ3v) is 3.74. The minimum absolute atomic E-state index is 0.274. The summed E-state index contributed by atoms with van der Waals surface area (Å²) >= 11 is 0. The Hall–Kier alpha value is -0.860. The van der Waals surface area contributed by atoms with Crippen LogP contribution in [0, 0.1) is 19.8 Å². The Bertz CT molecular complexity index is 400. The van der Waals surface area contributed by atoms with Crippen LogP contribution in [0.2, 0.25) is 0 Å². The van der Waals surface area contributed by atoms with Gasteiger partial charge in [0.15, 0.2) is 0 Å². The van der Waals surface area contributed by atoms with Crippen LogP contribution < -0.4 is 5.32 Å². The lowest BCUT2D eigenvalue weighted by atomic mass is 9.91. The van der Waals surface area contributed by atoms with Crippen LogP contribution in [-0.4, -0.2) is 19.2 Å². The maximum absolute atomic E-state index is 5.98. The second kappa shape index (κ2) is 5.85. The average Bonchev–Trinajstić information content (AvgIpc) is 2.77. The number of hydrogen-bond donors (Lipinski definition) is 1. The molecule has 1 aliphatic rings. The second-order valence-electron chi connectivity index (χ2n) is 5.76. The molecule has 1 N–H and O–H groups in total. The molecular weight excluding hydrogens is 222 g/mol. The van der Waals surface area contributed by atoms with Crippen molar-refractivity contribution in [3.8, 4) is 0 Å². The summed E-state index contributed by atoms with van der Waals surface area (Å²) < 4.78 is 5.98. The predicted octanol–water partition coefficient (Wildman–Crippen LogP) is 3.38. The maximum atomic E-state index is 5.98. The number of nitrogens with one attached hydrogen (secondary N) is 1. The van der Waals surface area contributed by atoms with E-state index in [4.69, 9.17) is 4.74 Å². The molecule has 0 saturated carbocycles. The lowest BCUT2D eigenvalue weighted by Crippen LogP contribution is -2.30. The topological polar surface area (TPSA) is 21.3 Å². The van der Waals surface area contributed by atoms with E-state index in [0.29, 0.717) is 12.0 Å². The van der Waals surface area contributed by atoms with Crippen LogP contribution in [0.15, 0.2) is 18.2 Å². The Labute approximate surface area is 111 Å². The molecule has 1 heterocycles. The smallest absolute Gasteiger partial charge is 0.0868 e. The first-order valence-electron chi connectivity index (χ1n) is 7.00. The fourth-order valence-electron chi connectivity index (χ4n) is 2.64. The van der Waals surface area contributed by atoms with Gasteiger partial charge >= 0.3 is 0 Å². The quantitative estimate of drug-likeness (QED) is 0.880. The van der Waals surface area contributed by atoms with Crippen LogP contribution in [0.4, 0.5) is 0 Å². The summed E-state index contributed by atoms with van der Waals surface area (Å²) in [5, 5.41) is 3.54. The van der Waals surface area contributed by atoms with Gasteiger partial charge in [-0.25, -0.2) is 0 Å². The highest BCUT2D eigenvalue weighted by Gasteiger charge is 2.30. The monoisotopic (exact) mass is 247 g/mol. The Morgan fingerprint density at radius 3 is 2.83 bits per heavy atom. The summed E-state index contributed by atoms with van der Waals surface area (Å²) in [7, 11) is 0. The normalized spacial score (nSPS) is 23.8. The summed E-state index contributed by atoms with van der Waals surface area (Å²) in [4.78, 5) is 0. The fourth-order valence-corrected chi connectivity index (χ4v) is 2.64. The van der Waals surface area contributed by atoms with Crippen molar-refractivity contribution in [1.82, 2.24) is 5.32 Å². The van der Waals surface area contributed by atoms with Gasteiger partial charge in [0.05, 0.1) is 6.10 Å². The molecule has 1 saturated heterocycles. The zero-order valence-corrected chi connectivity index (χ0v) is 12.0. The van der Waals surface area contributed by atoms with Gasteiger partial charge in [0.2, 0.25) is 0 Å². The van der Waals surface area contributed by atoms with Crippen molar-refractivity contribution in [2.24, 2.45) is 5.92 Å². The summed E-state index contributed by atoms with van der Waals surface area (Å²) in [5.74, 6) is 0.605. The van der Waals surface area contributed by atoms with Crippen LogP contribution in [-0.2, 0) is 4.74 Å². The van der Waals surface area contributed by atoms with E-state index in [2.05, 4.69) is 51.2 Å². The van der Waals surface area contributed by atoms with E-state index in [1.54, 1.807) is 0 Å². The van der Waals surface area contributed by atoms with Crippen molar-refractivity contribution < 1.29 is 4.74 Å². The van der Waals surface area contributed by atoms with Gasteiger partial charge in [-0.3, -0.25) is 0 Å². The predicted molar refractivity (Wildman–Crippen MR) is 75.9 cm³/mol. The van der Waals surface area contributed by atoms with Gasteiger partial charge in [-0.15, -0.1) is 0 Å². The van der Waals surface area contributed by atoms with Gasteiger partial charge in [-0.05, 0) is 31.4 Å². The lowest BCUT2D eigenvalue weighted by Gasteiger charge is -2.22. The Morgan fingerprint density at radius 1 is 1.33 bits per heavy atom. The van der Waals surface area contributed by atoms with Crippen LogP contribution in [0.5, 0.6) is 0 Å². The molecule has 0 amide bonds. The molecule has 100 valence electrons. The minimum Gasteiger partial charge on any atom is -0.373 e. The second-order valence-corrected chi connectivity index (χ2v) is 5.76. The number of hydrogen-bond acceptors (Lipinski definition) is 2. The Morgan fingerprint density at radius 2 is 2.11 bits per heavy atom. The van der Waals surface area contributed by atoms with Crippen LogP contribution in [0.25, 0.3) is 0 Å². The molecule has 2 heteroatoms. The number of rotatable bonds is 4. The lowest BCUT2D eigenvalue weighted by molar-refractivity contribution is 0.0895. The van der Waals surface area contributed by atoms with Gasteiger partial charge in [-0.1, -0.05) is 37.6 Å².